The number of phenols is 2. The molecule has 10 N–H and O–H groups in total. The van der Waals surface area contributed by atoms with Gasteiger partial charge in [-0.3, -0.25) is 9.59 Å². The molecule has 0 spiro atoms. The Balaban J connectivity index is 1.02. The predicted molar refractivity (Wildman–Crippen MR) is 253 cm³/mol. The number of carbonyl (C=O) groups excluding carboxylic acids is 2. The Bertz CT molecular complexity index is 2280. The molecule has 8 rings (SSSR count). The molecule has 0 radical (unpaired) electrons. The quantitative estimate of drug-likeness (QED) is 0.115. The van der Waals surface area contributed by atoms with E-state index in [0.29, 0.717) is 0 Å². The van der Waals surface area contributed by atoms with Crippen LogP contribution in [0.1, 0.15) is 102 Å². The zero-order chi connectivity index (χ0) is 53.8. The Labute approximate surface area is 428 Å². The van der Waals surface area contributed by atoms with Gasteiger partial charge in [-0.25, -0.2) is 0 Å². The first-order valence-corrected chi connectivity index (χ1v) is 25.5. The molecular weight excluding hydrogens is 981 g/mol. The van der Waals surface area contributed by atoms with Crippen LogP contribution in [0.4, 0.5) is 0 Å². The van der Waals surface area contributed by atoms with Crippen molar-refractivity contribution >= 4 is 22.3 Å². The van der Waals surface area contributed by atoms with Crippen molar-refractivity contribution in [1.29, 1.82) is 0 Å². The molecule has 2 aromatic rings. The first kappa shape index (κ1) is 56.9. The lowest BCUT2D eigenvalue weighted by molar-refractivity contribution is -0.334. The number of methoxy groups -OCH3 is 1. The molecule has 0 bridgehead atoms. The maximum absolute atomic E-state index is 14.9. The molecule has 6 aliphatic rings. The minimum absolute atomic E-state index is 0.0131. The molecule has 0 aromatic heterocycles. The summed E-state index contributed by atoms with van der Waals surface area (Å²) in [4.78, 5) is 28.5. The standard InChI is InChI=1S/C51H74O23/c1-19-30(70-35-15-31(43(57)21(3)66-35)71-34-14-29(54)42(56)20(2)65-34)13-26-11-25-12-27(48(64-8)28(53)9-10-52)49(47(61)40(25)46(60)39(26)41(19)55)74-37-17-32(44(58)23(5)68-37)72-36-16-33(45(59)22(4)67-36)73-38-18-51(7,63)50(62)24(6)69-38/h11,13,20-24,27,29,31-38,42-45,48-50,52,54-60,62-63H,9-10,12,14-18H2,1-8H3/t20-,21-,22-,23-,24-,27-,29-,31+,32+,33+,34+,35+,36+,37+,38+,42+,43-,44+,45+,48-,49+,50+,51+/m1/s1. The second-order valence-electron chi connectivity index (χ2n) is 21.1. The van der Waals surface area contributed by atoms with E-state index in [0.717, 1.165) is 0 Å². The third-order valence-electron chi connectivity index (χ3n) is 15.5. The summed E-state index contributed by atoms with van der Waals surface area (Å²) in [5, 5.41) is 109. The molecule has 0 unspecified atom stereocenters. The van der Waals surface area contributed by atoms with E-state index in [1.807, 2.05) is 0 Å². The number of aliphatic hydroxyl groups excluding tert-OH is 7. The Morgan fingerprint density at radius 1 is 0.703 bits per heavy atom. The zero-order valence-electron chi connectivity index (χ0n) is 42.8. The summed E-state index contributed by atoms with van der Waals surface area (Å²) in [5.74, 6) is -3.23. The molecule has 74 heavy (non-hydrogen) atoms. The summed E-state index contributed by atoms with van der Waals surface area (Å²) in [7, 11) is 1.28. The van der Waals surface area contributed by atoms with Crippen molar-refractivity contribution in [2.24, 2.45) is 5.92 Å². The second-order valence-corrected chi connectivity index (χ2v) is 21.1. The fourth-order valence-corrected chi connectivity index (χ4v) is 11.2. The van der Waals surface area contributed by atoms with Gasteiger partial charge in [0.1, 0.15) is 60.0 Å². The van der Waals surface area contributed by atoms with Crippen molar-refractivity contribution in [1.82, 2.24) is 0 Å². The van der Waals surface area contributed by atoms with Crippen LogP contribution in [0, 0.1) is 12.8 Å². The monoisotopic (exact) mass is 1050 g/mol. The summed E-state index contributed by atoms with van der Waals surface area (Å²) >= 11 is 0. The minimum atomic E-state index is -1.53. The Morgan fingerprint density at radius 3 is 1.74 bits per heavy atom. The fourth-order valence-electron chi connectivity index (χ4n) is 11.2. The fraction of sp³-hybridized carbons (Fsp3) is 0.765. The van der Waals surface area contributed by atoms with Crippen LogP contribution in [-0.4, -0.2) is 211 Å². The number of benzene rings is 2. The van der Waals surface area contributed by atoms with Crippen LogP contribution >= 0.6 is 0 Å². The van der Waals surface area contributed by atoms with E-state index in [-0.39, 0.29) is 78.2 Å². The van der Waals surface area contributed by atoms with Crippen molar-refractivity contribution < 1.29 is 113 Å². The van der Waals surface area contributed by atoms with Gasteiger partial charge >= 0.3 is 0 Å². The maximum atomic E-state index is 14.9. The van der Waals surface area contributed by atoms with E-state index in [1.165, 1.54) is 21.0 Å². The van der Waals surface area contributed by atoms with Crippen LogP contribution in [-0.2, 0) is 58.6 Å². The number of phenolic OH excluding ortho intramolecular Hbond substituents is 2. The number of ketones is 2. The van der Waals surface area contributed by atoms with Crippen molar-refractivity contribution in [3.63, 3.8) is 0 Å². The summed E-state index contributed by atoms with van der Waals surface area (Å²) < 4.78 is 66.6. The average Bonchev–Trinajstić information content (AvgIpc) is 3.32. The molecule has 5 heterocycles. The van der Waals surface area contributed by atoms with Gasteiger partial charge in [0, 0.05) is 57.1 Å². The highest BCUT2D eigenvalue weighted by atomic mass is 16.7. The molecule has 23 nitrogen and oxygen atoms in total. The highest BCUT2D eigenvalue weighted by Gasteiger charge is 2.51. The Hall–Kier alpha value is -3.28. The maximum Gasteiger partial charge on any atom is 0.202 e. The average molecular weight is 1060 g/mol. The van der Waals surface area contributed by atoms with Crippen molar-refractivity contribution in [2.75, 3.05) is 13.7 Å². The van der Waals surface area contributed by atoms with Gasteiger partial charge in [0.15, 0.2) is 36.7 Å². The van der Waals surface area contributed by atoms with Crippen LogP contribution in [0.2, 0.25) is 0 Å². The van der Waals surface area contributed by atoms with E-state index in [9.17, 15) is 60.7 Å². The lowest BCUT2D eigenvalue weighted by Crippen LogP contribution is -2.58. The molecular formula is C51H74O23. The number of fused-ring (bicyclic) bond motifs is 2. The molecule has 5 aliphatic heterocycles. The normalized spacial score (nSPS) is 42.4. The van der Waals surface area contributed by atoms with Gasteiger partial charge in [-0.05, 0) is 78.0 Å². The van der Waals surface area contributed by atoms with Crippen LogP contribution in [0.25, 0.3) is 10.8 Å². The summed E-state index contributed by atoms with van der Waals surface area (Å²) in [6.45, 7) is 10.5. The SMILES string of the molecule is CO[C@@H](C(=O)CCO)[C@H]1Cc2cc3cc(O[C@H]4C[C@H](O[C@H]5C[C@@H](O)[C@@H](O)[C@@H](C)O5)[C@H](O)[C@@H](C)O4)c(C)c(O)c3c(O)c2C(=O)[C@H]1O[C@H]1C[C@H](O[C@H]2C[C@H](O[C@H]3C[C@](C)(O)[C@@H](O)[C@@H](C)O3)[C@@H](O)[C@@H](C)O2)[C@@H](O)[C@@H](C)O1. The topological polar surface area (TPSA) is 338 Å². The first-order chi connectivity index (χ1) is 34.9. The predicted octanol–water partition coefficient (Wildman–Crippen LogP) is 0.391. The van der Waals surface area contributed by atoms with Crippen molar-refractivity contribution in [3.8, 4) is 17.2 Å². The van der Waals surface area contributed by atoms with Gasteiger partial charge in [0.2, 0.25) is 6.29 Å². The third-order valence-corrected chi connectivity index (χ3v) is 15.5. The molecule has 2 aromatic carbocycles. The number of aliphatic hydroxyl groups is 8. The van der Waals surface area contributed by atoms with E-state index >= 15 is 0 Å². The number of aromatic hydroxyl groups is 2. The lowest BCUT2D eigenvalue weighted by atomic mass is 9.75. The van der Waals surface area contributed by atoms with E-state index in [4.69, 9.17) is 52.1 Å². The summed E-state index contributed by atoms with van der Waals surface area (Å²) in [6.07, 6.45) is -22.6. The Morgan fingerprint density at radius 2 is 1.20 bits per heavy atom. The Kier molecular flexibility index (Phi) is 17.7. The van der Waals surface area contributed by atoms with Crippen LogP contribution in [0.5, 0.6) is 17.2 Å². The third kappa shape index (κ3) is 11.6. The number of hydrogen-bond acceptors (Lipinski definition) is 23. The summed E-state index contributed by atoms with van der Waals surface area (Å²) in [6, 6.07) is 3.12. The number of carbonyl (C=O) groups is 2. The van der Waals surface area contributed by atoms with Crippen LogP contribution < -0.4 is 4.74 Å². The molecule has 23 atom stereocenters. The van der Waals surface area contributed by atoms with Crippen LogP contribution in [0.15, 0.2) is 12.1 Å². The van der Waals surface area contributed by atoms with Crippen molar-refractivity contribution in [2.45, 2.75) is 228 Å². The van der Waals surface area contributed by atoms with E-state index in [2.05, 4.69) is 0 Å². The molecule has 23 heteroatoms. The van der Waals surface area contributed by atoms with Gasteiger partial charge in [0.05, 0.1) is 78.1 Å². The molecule has 1 aliphatic carbocycles. The highest BCUT2D eigenvalue weighted by Crippen LogP contribution is 2.47. The van der Waals surface area contributed by atoms with E-state index < -0.39 is 170 Å². The molecule has 5 fully saturated rings. The zero-order valence-corrected chi connectivity index (χ0v) is 42.8. The lowest BCUT2D eigenvalue weighted by Gasteiger charge is -2.46. The van der Waals surface area contributed by atoms with Crippen molar-refractivity contribution in [3.05, 3.63) is 28.8 Å². The number of hydrogen-bond donors (Lipinski definition) is 10. The summed E-state index contributed by atoms with van der Waals surface area (Å²) in [5.41, 5.74) is -1.28. The number of Topliss-reactive ketones (excluding diaryl/α,β-unsaturated/α-hetero) is 2. The molecule has 0 saturated carbocycles. The minimum Gasteiger partial charge on any atom is -0.507 e. The molecule has 416 valence electrons. The van der Waals surface area contributed by atoms with E-state index in [1.54, 1.807) is 46.8 Å². The van der Waals surface area contributed by atoms with Gasteiger partial charge in [-0.2, -0.15) is 0 Å². The van der Waals surface area contributed by atoms with Gasteiger partial charge in [0.25, 0.3) is 0 Å². The molecule has 0 amide bonds. The van der Waals surface area contributed by atoms with Gasteiger partial charge in [-0.1, -0.05) is 0 Å². The largest absolute Gasteiger partial charge is 0.507 e. The number of ether oxygens (including phenoxy) is 11. The number of rotatable bonds is 15. The highest BCUT2D eigenvalue weighted by molar-refractivity contribution is 6.11. The van der Waals surface area contributed by atoms with Gasteiger partial charge in [-0.15, -0.1) is 0 Å². The second kappa shape index (κ2) is 23.0. The van der Waals surface area contributed by atoms with Crippen LogP contribution in [0.3, 0.4) is 0 Å². The smallest absolute Gasteiger partial charge is 0.202 e. The molecule has 5 saturated heterocycles. The first-order valence-electron chi connectivity index (χ1n) is 25.5. The van der Waals surface area contributed by atoms with Gasteiger partial charge < -0.3 is 103 Å².